The van der Waals surface area contributed by atoms with Crippen LogP contribution in [0.25, 0.3) is 5.57 Å². The normalized spacial score (nSPS) is 25.8. The van der Waals surface area contributed by atoms with Crippen LogP contribution in [-0.4, -0.2) is 17.2 Å². The lowest BCUT2D eigenvalue weighted by Gasteiger charge is -2.29. The summed E-state index contributed by atoms with van der Waals surface area (Å²) in [6, 6.07) is 3.79. The number of benzene rings is 1. The monoisotopic (exact) mass is 244 g/mol. The third kappa shape index (κ3) is 1.40. The Bertz CT molecular complexity index is 584. The van der Waals surface area contributed by atoms with Crippen molar-refractivity contribution in [1.82, 2.24) is 0 Å². The van der Waals surface area contributed by atoms with E-state index in [2.05, 4.69) is 6.92 Å². The summed E-state index contributed by atoms with van der Waals surface area (Å²) in [6.07, 6.45) is 0.692. The van der Waals surface area contributed by atoms with Gasteiger partial charge in [-0.3, -0.25) is 0 Å². The molecule has 0 saturated heterocycles. The number of esters is 1. The van der Waals surface area contributed by atoms with E-state index in [-0.39, 0.29) is 17.8 Å². The summed E-state index contributed by atoms with van der Waals surface area (Å²) in [4.78, 5) is 11.7. The fourth-order valence-electron chi connectivity index (χ4n) is 2.98. The lowest BCUT2D eigenvalue weighted by molar-refractivity contribution is -0.139. The molecule has 3 nitrogen and oxygen atoms in total. The van der Waals surface area contributed by atoms with Gasteiger partial charge in [0.25, 0.3) is 0 Å². The standard InChI is InChI=1S/C15H16O3/c1-7-5-13-14(9(3)15(17)18-13)11-6-12(16)8(2)4-10(7)11/h4,6-7,13,16H,5H2,1-3H3. The van der Waals surface area contributed by atoms with Crippen LogP contribution >= 0.6 is 0 Å². The lowest BCUT2D eigenvalue weighted by Crippen LogP contribution is -2.20. The van der Waals surface area contributed by atoms with Crippen molar-refractivity contribution in [1.29, 1.82) is 0 Å². The Morgan fingerprint density at radius 1 is 1.33 bits per heavy atom. The van der Waals surface area contributed by atoms with Gasteiger partial charge in [-0.1, -0.05) is 13.0 Å². The molecular formula is C15H16O3. The van der Waals surface area contributed by atoms with Crippen LogP contribution in [0.3, 0.4) is 0 Å². The van der Waals surface area contributed by atoms with Gasteiger partial charge in [0.15, 0.2) is 0 Å². The van der Waals surface area contributed by atoms with Crippen molar-refractivity contribution >= 4 is 11.5 Å². The molecule has 1 aliphatic carbocycles. The second kappa shape index (κ2) is 3.61. The fourth-order valence-corrected chi connectivity index (χ4v) is 2.98. The molecule has 2 aliphatic rings. The summed E-state index contributed by atoms with van der Waals surface area (Å²) >= 11 is 0. The number of aryl methyl sites for hydroxylation is 1. The SMILES string of the molecule is CC1=C2c3cc(O)c(C)cc3C(C)CC2OC1=O. The molecule has 0 aromatic heterocycles. The average Bonchev–Trinajstić information content (AvgIpc) is 2.58. The summed E-state index contributed by atoms with van der Waals surface area (Å²) in [6.45, 7) is 5.83. The van der Waals surface area contributed by atoms with E-state index < -0.39 is 0 Å². The van der Waals surface area contributed by atoms with Gasteiger partial charge in [-0.25, -0.2) is 4.79 Å². The van der Waals surface area contributed by atoms with Crippen LogP contribution < -0.4 is 0 Å². The summed E-state index contributed by atoms with van der Waals surface area (Å²) in [5.74, 6) is 0.392. The van der Waals surface area contributed by atoms with Crippen molar-refractivity contribution in [2.75, 3.05) is 0 Å². The van der Waals surface area contributed by atoms with E-state index in [1.54, 1.807) is 13.0 Å². The van der Waals surface area contributed by atoms with Gasteiger partial charge in [-0.15, -0.1) is 0 Å². The third-order valence-electron chi connectivity index (χ3n) is 4.04. The molecule has 1 N–H and O–H groups in total. The number of hydrogen-bond acceptors (Lipinski definition) is 3. The van der Waals surface area contributed by atoms with Crippen molar-refractivity contribution in [3.63, 3.8) is 0 Å². The lowest BCUT2D eigenvalue weighted by atomic mass is 9.77. The number of hydrogen-bond donors (Lipinski definition) is 1. The highest BCUT2D eigenvalue weighted by molar-refractivity contribution is 6.03. The van der Waals surface area contributed by atoms with Crippen molar-refractivity contribution in [3.05, 3.63) is 34.4 Å². The number of ether oxygens (including phenoxy) is 1. The molecule has 0 amide bonds. The molecule has 18 heavy (non-hydrogen) atoms. The number of aromatic hydroxyl groups is 1. The van der Waals surface area contributed by atoms with Gasteiger partial charge in [-0.05, 0) is 48.9 Å². The van der Waals surface area contributed by atoms with Crippen LogP contribution in [0.5, 0.6) is 5.75 Å². The third-order valence-corrected chi connectivity index (χ3v) is 4.04. The highest BCUT2D eigenvalue weighted by Gasteiger charge is 2.38. The van der Waals surface area contributed by atoms with Crippen LogP contribution in [0.2, 0.25) is 0 Å². The van der Waals surface area contributed by atoms with Gasteiger partial charge in [0.2, 0.25) is 0 Å². The first-order valence-electron chi connectivity index (χ1n) is 6.24. The molecule has 1 aromatic rings. The molecule has 0 saturated carbocycles. The molecule has 3 heteroatoms. The number of fused-ring (bicyclic) bond motifs is 3. The summed E-state index contributed by atoms with van der Waals surface area (Å²) < 4.78 is 5.38. The number of carbonyl (C=O) groups excluding carboxylic acids is 1. The quantitative estimate of drug-likeness (QED) is 0.714. The maximum absolute atomic E-state index is 11.7. The highest BCUT2D eigenvalue weighted by Crippen LogP contribution is 2.46. The zero-order valence-corrected chi connectivity index (χ0v) is 10.8. The molecule has 1 aromatic carbocycles. The molecule has 2 atom stereocenters. The molecule has 1 aliphatic heterocycles. The zero-order chi connectivity index (χ0) is 13.0. The first-order valence-corrected chi connectivity index (χ1v) is 6.24. The minimum absolute atomic E-state index is 0.137. The molecule has 0 bridgehead atoms. The highest BCUT2D eigenvalue weighted by atomic mass is 16.5. The maximum Gasteiger partial charge on any atom is 0.334 e. The number of rotatable bonds is 0. The Hall–Kier alpha value is -1.77. The Kier molecular flexibility index (Phi) is 2.27. The smallest absolute Gasteiger partial charge is 0.334 e. The molecule has 2 unspecified atom stereocenters. The van der Waals surface area contributed by atoms with E-state index in [1.165, 1.54) is 5.56 Å². The van der Waals surface area contributed by atoms with E-state index in [4.69, 9.17) is 4.74 Å². The Morgan fingerprint density at radius 3 is 2.78 bits per heavy atom. The molecular weight excluding hydrogens is 228 g/mol. The average molecular weight is 244 g/mol. The van der Waals surface area contributed by atoms with E-state index in [1.807, 2.05) is 13.0 Å². The van der Waals surface area contributed by atoms with Crippen LogP contribution in [0.4, 0.5) is 0 Å². The number of phenols is 1. The molecule has 0 spiro atoms. The van der Waals surface area contributed by atoms with Crippen molar-refractivity contribution < 1.29 is 14.6 Å². The number of phenolic OH excluding ortho intramolecular Hbond substituents is 1. The minimum atomic E-state index is -0.227. The van der Waals surface area contributed by atoms with Crippen LogP contribution in [0.15, 0.2) is 17.7 Å². The first kappa shape index (κ1) is 11.3. The van der Waals surface area contributed by atoms with Gasteiger partial charge in [-0.2, -0.15) is 0 Å². The minimum Gasteiger partial charge on any atom is -0.508 e. The maximum atomic E-state index is 11.7. The van der Waals surface area contributed by atoms with Gasteiger partial charge < -0.3 is 9.84 Å². The van der Waals surface area contributed by atoms with Gasteiger partial charge in [0.05, 0.1) is 0 Å². The molecule has 3 rings (SSSR count). The Morgan fingerprint density at radius 2 is 2.06 bits per heavy atom. The fraction of sp³-hybridized carbons (Fsp3) is 0.400. The van der Waals surface area contributed by atoms with Crippen LogP contribution in [0, 0.1) is 6.92 Å². The molecule has 94 valence electrons. The predicted molar refractivity (Wildman–Crippen MR) is 68.3 cm³/mol. The van der Waals surface area contributed by atoms with E-state index in [0.717, 1.165) is 23.1 Å². The second-order valence-electron chi connectivity index (χ2n) is 5.30. The zero-order valence-electron chi connectivity index (χ0n) is 10.8. The molecule has 0 radical (unpaired) electrons. The Balaban J connectivity index is 2.27. The summed E-state index contributed by atoms with van der Waals surface area (Å²) in [5.41, 5.74) is 4.70. The van der Waals surface area contributed by atoms with E-state index >= 15 is 0 Å². The van der Waals surface area contributed by atoms with Gasteiger partial charge >= 0.3 is 5.97 Å². The largest absolute Gasteiger partial charge is 0.508 e. The first-order chi connectivity index (χ1) is 8.49. The van der Waals surface area contributed by atoms with Gasteiger partial charge in [0.1, 0.15) is 11.9 Å². The van der Waals surface area contributed by atoms with E-state index in [0.29, 0.717) is 11.5 Å². The van der Waals surface area contributed by atoms with E-state index in [9.17, 15) is 9.90 Å². The van der Waals surface area contributed by atoms with Crippen LogP contribution in [-0.2, 0) is 9.53 Å². The predicted octanol–water partition coefficient (Wildman–Crippen LogP) is 2.91. The number of carbonyl (C=O) groups is 1. The summed E-state index contributed by atoms with van der Waals surface area (Å²) in [7, 11) is 0. The van der Waals surface area contributed by atoms with Crippen molar-refractivity contribution in [2.45, 2.75) is 39.2 Å². The van der Waals surface area contributed by atoms with Crippen molar-refractivity contribution in [3.8, 4) is 5.75 Å². The molecule has 1 heterocycles. The second-order valence-corrected chi connectivity index (χ2v) is 5.30. The van der Waals surface area contributed by atoms with Crippen molar-refractivity contribution in [2.24, 2.45) is 0 Å². The topological polar surface area (TPSA) is 46.5 Å². The summed E-state index contributed by atoms with van der Waals surface area (Å²) in [5, 5.41) is 9.89. The van der Waals surface area contributed by atoms with Gasteiger partial charge in [0, 0.05) is 11.1 Å². The Labute approximate surface area is 106 Å². The van der Waals surface area contributed by atoms with Crippen LogP contribution in [0.1, 0.15) is 42.9 Å². The molecule has 0 fully saturated rings.